The maximum atomic E-state index is 12.7. The molecule has 0 aliphatic carbocycles. The van der Waals surface area contributed by atoms with Crippen molar-refractivity contribution >= 4 is 35.3 Å². The monoisotopic (exact) mass is 516 g/mol. The quantitative estimate of drug-likeness (QED) is 0.186. The molecule has 3 amide bonds. The van der Waals surface area contributed by atoms with E-state index in [-0.39, 0.29) is 30.0 Å². The average molecular weight is 517 g/mol. The van der Waals surface area contributed by atoms with Crippen molar-refractivity contribution in [3.63, 3.8) is 0 Å². The van der Waals surface area contributed by atoms with E-state index < -0.39 is 0 Å². The number of methoxy groups -OCH3 is 1. The Morgan fingerprint density at radius 1 is 0.769 bits per heavy atom. The molecule has 5 rings (SSSR count). The van der Waals surface area contributed by atoms with E-state index in [1.54, 1.807) is 86.0 Å². The Morgan fingerprint density at radius 2 is 1.36 bits per heavy atom. The summed E-state index contributed by atoms with van der Waals surface area (Å²) in [6.07, 6.45) is 3.23. The van der Waals surface area contributed by atoms with Crippen molar-refractivity contribution in [1.29, 1.82) is 0 Å². The van der Waals surface area contributed by atoms with Crippen LogP contribution in [0.2, 0.25) is 0 Å². The number of rotatable bonds is 8. The van der Waals surface area contributed by atoms with Gasteiger partial charge in [0, 0.05) is 16.8 Å². The van der Waals surface area contributed by atoms with Crippen molar-refractivity contribution < 1.29 is 23.9 Å². The predicted molar refractivity (Wildman–Crippen MR) is 148 cm³/mol. The van der Waals surface area contributed by atoms with E-state index >= 15 is 0 Å². The largest absolute Gasteiger partial charge is 0.497 e. The fourth-order valence-electron chi connectivity index (χ4n) is 4.23. The highest BCUT2D eigenvalue weighted by Crippen LogP contribution is 2.24. The molecule has 0 saturated carbocycles. The Labute approximate surface area is 225 Å². The number of benzene rings is 4. The number of amides is 3. The number of anilines is 1. The van der Waals surface area contributed by atoms with Crippen molar-refractivity contribution in [3.8, 4) is 5.75 Å². The molecule has 0 aromatic heterocycles. The van der Waals surface area contributed by atoms with Crippen molar-refractivity contribution in [1.82, 2.24) is 4.90 Å². The average Bonchev–Trinajstić information content (AvgIpc) is 3.21. The zero-order chi connectivity index (χ0) is 27.4. The van der Waals surface area contributed by atoms with Crippen LogP contribution < -0.4 is 10.1 Å². The molecule has 1 heterocycles. The minimum absolute atomic E-state index is 0.122. The molecular formula is C32H24N2O5. The van der Waals surface area contributed by atoms with Crippen LogP contribution in [0.3, 0.4) is 0 Å². The van der Waals surface area contributed by atoms with Gasteiger partial charge in [0.25, 0.3) is 17.7 Å². The van der Waals surface area contributed by atoms with Crippen molar-refractivity contribution in [2.24, 2.45) is 0 Å². The maximum Gasteiger partial charge on any atom is 0.261 e. The van der Waals surface area contributed by atoms with Crippen LogP contribution in [0.15, 0.2) is 103 Å². The van der Waals surface area contributed by atoms with E-state index in [9.17, 15) is 19.2 Å². The van der Waals surface area contributed by atoms with Crippen molar-refractivity contribution in [3.05, 3.63) is 137 Å². The summed E-state index contributed by atoms with van der Waals surface area (Å²) in [4.78, 5) is 51.6. The Hall–Kier alpha value is -5.30. The zero-order valence-electron chi connectivity index (χ0n) is 21.1. The summed E-state index contributed by atoms with van der Waals surface area (Å²) < 4.78 is 5.13. The van der Waals surface area contributed by atoms with E-state index in [4.69, 9.17) is 4.74 Å². The summed E-state index contributed by atoms with van der Waals surface area (Å²) in [6.45, 7) is 0.122. The molecule has 1 N–H and O–H groups in total. The van der Waals surface area contributed by atoms with Crippen LogP contribution in [-0.2, 0) is 6.54 Å². The standard InChI is InChI=1S/C32H24N2O5/c1-39-26-17-8-21(9-18-26)10-19-29(35)23-13-15-25(16-14-23)33-30(36)24-11-6-22(7-12-24)20-34-31(37)27-4-2-3-5-28(27)32(34)38/h2-19H,20H2,1H3,(H,33,36)/b19-10+. The third kappa shape index (κ3) is 5.52. The molecule has 1 aliphatic heterocycles. The van der Waals surface area contributed by atoms with Gasteiger partial charge in [0.2, 0.25) is 0 Å². The molecule has 192 valence electrons. The lowest BCUT2D eigenvalue weighted by Gasteiger charge is -2.14. The van der Waals surface area contributed by atoms with Crippen LogP contribution in [0, 0.1) is 0 Å². The number of imide groups is 1. The first kappa shape index (κ1) is 25.4. The summed E-state index contributed by atoms with van der Waals surface area (Å²) >= 11 is 0. The first-order valence-electron chi connectivity index (χ1n) is 12.2. The Kier molecular flexibility index (Phi) is 7.14. The van der Waals surface area contributed by atoms with Gasteiger partial charge in [-0.3, -0.25) is 24.1 Å². The molecule has 1 aliphatic rings. The molecule has 0 bridgehead atoms. The molecule has 0 atom stereocenters. The molecule has 0 radical (unpaired) electrons. The SMILES string of the molecule is COc1ccc(/C=C/C(=O)c2ccc(NC(=O)c3ccc(CN4C(=O)c5ccccc5C4=O)cc3)cc2)cc1. The van der Waals surface area contributed by atoms with E-state index in [0.717, 1.165) is 16.9 Å². The van der Waals surface area contributed by atoms with Crippen LogP contribution in [0.4, 0.5) is 5.69 Å². The van der Waals surface area contributed by atoms with E-state index in [1.165, 1.54) is 11.0 Å². The molecule has 7 heteroatoms. The maximum absolute atomic E-state index is 12.7. The van der Waals surface area contributed by atoms with Gasteiger partial charge in [-0.25, -0.2) is 0 Å². The van der Waals surface area contributed by atoms with Gasteiger partial charge in [0.15, 0.2) is 5.78 Å². The fourth-order valence-corrected chi connectivity index (χ4v) is 4.23. The molecule has 0 spiro atoms. The molecule has 4 aromatic carbocycles. The number of fused-ring (bicyclic) bond motifs is 1. The molecule has 4 aromatic rings. The van der Waals surface area contributed by atoms with Gasteiger partial charge in [0.05, 0.1) is 24.8 Å². The van der Waals surface area contributed by atoms with Gasteiger partial charge in [-0.1, -0.05) is 42.5 Å². The number of ketones is 1. The zero-order valence-corrected chi connectivity index (χ0v) is 21.1. The Morgan fingerprint density at radius 3 is 1.95 bits per heavy atom. The predicted octanol–water partition coefficient (Wildman–Crippen LogP) is 5.64. The Bertz CT molecular complexity index is 1550. The summed E-state index contributed by atoms with van der Waals surface area (Å²) in [5, 5.41) is 2.81. The first-order chi connectivity index (χ1) is 18.9. The lowest BCUT2D eigenvalue weighted by Crippen LogP contribution is -2.29. The minimum atomic E-state index is -0.324. The highest BCUT2D eigenvalue weighted by Gasteiger charge is 2.34. The van der Waals surface area contributed by atoms with Crippen LogP contribution in [0.1, 0.15) is 52.6 Å². The second-order valence-electron chi connectivity index (χ2n) is 8.94. The van der Waals surface area contributed by atoms with Crippen LogP contribution in [0.5, 0.6) is 5.75 Å². The van der Waals surface area contributed by atoms with Crippen molar-refractivity contribution in [2.45, 2.75) is 6.54 Å². The topological polar surface area (TPSA) is 92.8 Å². The number of nitrogens with one attached hydrogen (secondary N) is 1. The fraction of sp³-hybridized carbons (Fsp3) is 0.0625. The summed E-state index contributed by atoms with van der Waals surface area (Å²) in [5.74, 6) is -0.377. The number of carbonyl (C=O) groups is 4. The summed E-state index contributed by atoms with van der Waals surface area (Å²) in [5.41, 5.74) is 3.87. The first-order valence-corrected chi connectivity index (χ1v) is 12.2. The van der Waals surface area contributed by atoms with Gasteiger partial charge in [-0.2, -0.15) is 0 Å². The van der Waals surface area contributed by atoms with E-state index in [2.05, 4.69) is 5.32 Å². The Balaban J connectivity index is 1.17. The smallest absolute Gasteiger partial charge is 0.261 e. The van der Waals surface area contributed by atoms with E-state index in [1.807, 2.05) is 24.3 Å². The van der Waals surface area contributed by atoms with Crippen molar-refractivity contribution in [2.75, 3.05) is 12.4 Å². The number of hydrogen-bond donors (Lipinski definition) is 1. The number of nitrogens with zero attached hydrogens (tertiary/aromatic N) is 1. The van der Waals surface area contributed by atoms with Gasteiger partial charge in [0.1, 0.15) is 5.75 Å². The summed E-state index contributed by atoms with van der Waals surface area (Å²) in [7, 11) is 1.60. The minimum Gasteiger partial charge on any atom is -0.497 e. The van der Waals surface area contributed by atoms with Gasteiger partial charge in [-0.15, -0.1) is 0 Å². The third-order valence-electron chi connectivity index (χ3n) is 6.41. The lowest BCUT2D eigenvalue weighted by atomic mass is 10.1. The number of allylic oxidation sites excluding steroid dienone is 1. The number of carbonyl (C=O) groups excluding carboxylic acids is 4. The molecule has 7 nitrogen and oxygen atoms in total. The lowest BCUT2D eigenvalue weighted by molar-refractivity contribution is 0.0641. The van der Waals surface area contributed by atoms with Crippen LogP contribution in [-0.4, -0.2) is 35.5 Å². The van der Waals surface area contributed by atoms with Gasteiger partial charge >= 0.3 is 0 Å². The molecule has 0 fully saturated rings. The highest BCUT2D eigenvalue weighted by molar-refractivity contribution is 6.21. The highest BCUT2D eigenvalue weighted by atomic mass is 16.5. The van der Waals surface area contributed by atoms with Crippen LogP contribution >= 0.6 is 0 Å². The molecule has 39 heavy (non-hydrogen) atoms. The normalized spacial score (nSPS) is 12.5. The van der Waals surface area contributed by atoms with Gasteiger partial charge in [-0.05, 0) is 77.9 Å². The number of ether oxygens (including phenoxy) is 1. The van der Waals surface area contributed by atoms with E-state index in [0.29, 0.717) is 27.9 Å². The van der Waals surface area contributed by atoms with Crippen LogP contribution in [0.25, 0.3) is 6.08 Å². The molecule has 0 unspecified atom stereocenters. The second-order valence-corrected chi connectivity index (χ2v) is 8.94. The van der Waals surface area contributed by atoms with Gasteiger partial charge < -0.3 is 10.1 Å². The molecule has 0 saturated heterocycles. The second kappa shape index (κ2) is 11.0. The third-order valence-corrected chi connectivity index (χ3v) is 6.41. The summed E-state index contributed by atoms with van der Waals surface area (Å²) in [6, 6.07) is 27.5. The molecular weight excluding hydrogens is 492 g/mol. The number of hydrogen-bond acceptors (Lipinski definition) is 5.